The molecule has 1 radical (unpaired) electrons. The Bertz CT molecular complexity index is 493. The van der Waals surface area contributed by atoms with E-state index < -0.39 is 13.8 Å². The molecule has 1 N–H and O–H groups in total. The Labute approximate surface area is 91.1 Å². The van der Waals surface area contributed by atoms with Crippen molar-refractivity contribution in [3.63, 3.8) is 0 Å². The second kappa shape index (κ2) is 5.80. The topological polar surface area (TPSA) is 50.2 Å². The summed E-state index contributed by atoms with van der Waals surface area (Å²) in [5.41, 5.74) is 0.793. The highest BCUT2D eigenvalue weighted by Gasteiger charge is 2.03. The Morgan fingerprint density at radius 3 is 2.44 bits per heavy atom. The number of carboxylic acid groups (broad SMARTS) is 1. The number of carboxylic acids is 1. The molecule has 81 valence electrons. The van der Waals surface area contributed by atoms with Crippen LogP contribution in [0.5, 0.6) is 0 Å². The minimum Gasteiger partial charge on any atom is -0.477 e. The van der Waals surface area contributed by atoms with Crippen LogP contribution in [0.1, 0.15) is 10.5 Å². The van der Waals surface area contributed by atoms with E-state index in [1.807, 2.05) is 18.2 Å². The van der Waals surface area contributed by atoms with E-state index in [0.717, 1.165) is 5.39 Å². The van der Waals surface area contributed by atoms with Gasteiger partial charge in [-0.15, -0.1) is 0 Å². The number of para-hydroxylation sites is 1. The molecule has 2 aromatic rings. The first-order valence-electron chi connectivity index (χ1n) is 4.30. The lowest BCUT2D eigenvalue weighted by Gasteiger charge is -1.97. The average Bonchev–Trinajstić information content (AvgIpc) is 2.29. The number of rotatable bonds is 1. The van der Waals surface area contributed by atoms with Crippen LogP contribution >= 0.6 is 0 Å². The quantitative estimate of drug-likeness (QED) is 0.753. The minimum atomic E-state index is -1.00. The monoisotopic (exact) mass is 222 g/mol. The van der Waals surface area contributed by atoms with Gasteiger partial charge in [-0.1, -0.05) is 24.3 Å². The zero-order chi connectivity index (χ0) is 12.0. The van der Waals surface area contributed by atoms with Crippen molar-refractivity contribution in [1.82, 2.24) is 4.98 Å². The average molecular weight is 222 g/mol. The van der Waals surface area contributed by atoms with Crippen molar-refractivity contribution >= 4 is 24.7 Å². The van der Waals surface area contributed by atoms with E-state index in [1.54, 1.807) is 12.1 Å². The van der Waals surface area contributed by atoms with Crippen molar-refractivity contribution in [1.29, 1.82) is 0 Å². The van der Waals surface area contributed by atoms with E-state index in [9.17, 15) is 13.4 Å². The molecule has 1 aromatic heterocycles. The molecule has 16 heavy (non-hydrogen) atoms. The maximum absolute atomic E-state index is 10.6. The maximum atomic E-state index is 10.6. The number of aromatic carboxylic acids is 1. The summed E-state index contributed by atoms with van der Waals surface area (Å²) in [5, 5.41) is 9.63. The first kappa shape index (κ1) is 12.1. The van der Waals surface area contributed by atoms with E-state index >= 15 is 0 Å². The Morgan fingerprint density at radius 1 is 1.19 bits per heavy atom. The Morgan fingerprint density at radius 2 is 1.81 bits per heavy atom. The first-order valence-corrected chi connectivity index (χ1v) is 4.30. The van der Waals surface area contributed by atoms with Gasteiger partial charge in [-0.3, -0.25) is 8.63 Å². The predicted octanol–water partition coefficient (Wildman–Crippen LogP) is 2.39. The molecule has 0 aliphatic rings. The molecule has 0 aliphatic heterocycles. The maximum Gasteiger partial charge on any atom is 0.577 e. The Balaban J connectivity index is 0.000000386. The van der Waals surface area contributed by atoms with E-state index in [-0.39, 0.29) is 5.69 Å². The van der Waals surface area contributed by atoms with Crippen molar-refractivity contribution in [2.75, 3.05) is 0 Å². The lowest BCUT2D eigenvalue weighted by molar-refractivity contribution is 0.0691. The number of pyridine rings is 1. The molecule has 0 atom stereocenters. The lowest BCUT2D eigenvalue weighted by Crippen LogP contribution is -1.99. The van der Waals surface area contributed by atoms with E-state index in [4.69, 9.17) is 5.11 Å². The van der Waals surface area contributed by atoms with Crippen LogP contribution in [0.15, 0.2) is 36.4 Å². The van der Waals surface area contributed by atoms with Gasteiger partial charge in [0.2, 0.25) is 0 Å². The minimum absolute atomic E-state index is 0.0821. The Kier molecular flexibility index (Phi) is 4.38. The number of nitrogens with zero attached hydrogens (tertiary/aromatic N) is 1. The molecule has 1 aromatic carbocycles. The van der Waals surface area contributed by atoms with Crippen molar-refractivity contribution in [3.8, 4) is 0 Å². The third-order valence-electron chi connectivity index (χ3n) is 1.82. The van der Waals surface area contributed by atoms with Gasteiger partial charge in [-0.05, 0) is 12.1 Å². The highest BCUT2D eigenvalue weighted by Crippen LogP contribution is 2.11. The normalized spacial score (nSPS) is 9.12. The van der Waals surface area contributed by atoms with Crippen LogP contribution in [-0.4, -0.2) is 23.9 Å². The molecule has 0 fully saturated rings. The van der Waals surface area contributed by atoms with Gasteiger partial charge in [0.1, 0.15) is 5.69 Å². The summed E-state index contributed by atoms with van der Waals surface area (Å²) in [6.07, 6.45) is 0. The summed E-state index contributed by atoms with van der Waals surface area (Å²) >= 11 is 0. The third kappa shape index (κ3) is 3.01. The van der Waals surface area contributed by atoms with E-state index in [0.29, 0.717) is 5.52 Å². The molecule has 0 spiro atoms. The van der Waals surface area contributed by atoms with Crippen LogP contribution < -0.4 is 0 Å². The first-order chi connectivity index (χ1) is 7.69. The SMILES string of the molecule is F[B]F.O=C(O)c1ccc2ccccc2n1. The van der Waals surface area contributed by atoms with Crippen LogP contribution in [0.4, 0.5) is 8.63 Å². The third-order valence-corrected chi connectivity index (χ3v) is 1.82. The summed E-state index contributed by atoms with van der Waals surface area (Å²) < 4.78 is 19.0. The van der Waals surface area contributed by atoms with Crippen molar-refractivity contribution in [2.24, 2.45) is 0 Å². The van der Waals surface area contributed by atoms with Crippen molar-refractivity contribution < 1.29 is 18.5 Å². The van der Waals surface area contributed by atoms with Crippen LogP contribution in [0.3, 0.4) is 0 Å². The number of fused-ring (bicyclic) bond motifs is 1. The van der Waals surface area contributed by atoms with Crippen LogP contribution in [0.25, 0.3) is 10.9 Å². The van der Waals surface area contributed by atoms with Gasteiger partial charge in [0.25, 0.3) is 0 Å². The zero-order valence-electron chi connectivity index (χ0n) is 8.10. The molecule has 2 rings (SSSR count). The zero-order valence-corrected chi connectivity index (χ0v) is 8.10. The summed E-state index contributed by atoms with van der Waals surface area (Å²) in [6.45, 7) is 0. The fraction of sp³-hybridized carbons (Fsp3) is 0. The van der Waals surface area contributed by atoms with Crippen molar-refractivity contribution in [3.05, 3.63) is 42.1 Å². The largest absolute Gasteiger partial charge is 0.577 e. The number of hydrogen-bond acceptors (Lipinski definition) is 2. The number of benzene rings is 1. The molecule has 6 heteroatoms. The highest BCUT2D eigenvalue weighted by molar-refractivity contribution is 6.15. The molecule has 0 unspecified atom stereocenters. The molecule has 1 heterocycles. The van der Waals surface area contributed by atoms with Gasteiger partial charge < -0.3 is 5.11 Å². The summed E-state index contributed by atoms with van der Waals surface area (Å²) in [7, 11) is -1.00. The fourth-order valence-electron chi connectivity index (χ4n) is 1.19. The van der Waals surface area contributed by atoms with Crippen LogP contribution in [-0.2, 0) is 0 Å². The molecule has 0 saturated heterocycles. The smallest absolute Gasteiger partial charge is 0.477 e. The van der Waals surface area contributed by atoms with Gasteiger partial charge in [-0.2, -0.15) is 0 Å². The second-order valence-corrected chi connectivity index (χ2v) is 2.78. The number of carbonyl (C=O) groups is 1. The van der Waals surface area contributed by atoms with Gasteiger partial charge in [-0.25, -0.2) is 9.78 Å². The van der Waals surface area contributed by atoms with Gasteiger partial charge in [0, 0.05) is 5.39 Å². The number of hydrogen-bond donors (Lipinski definition) is 1. The lowest BCUT2D eigenvalue weighted by atomic mass is 10.2. The van der Waals surface area contributed by atoms with Gasteiger partial charge in [0.15, 0.2) is 0 Å². The molecule has 3 nitrogen and oxygen atoms in total. The molecular formula is C10H7BF2NO2. The molecule has 0 aliphatic carbocycles. The molecule has 0 saturated carbocycles. The molecule has 0 amide bonds. The highest BCUT2D eigenvalue weighted by atomic mass is 19.2. The molecular weight excluding hydrogens is 215 g/mol. The van der Waals surface area contributed by atoms with Gasteiger partial charge >= 0.3 is 13.8 Å². The predicted molar refractivity (Wildman–Crippen MR) is 56.7 cm³/mol. The second-order valence-electron chi connectivity index (χ2n) is 2.78. The fourth-order valence-corrected chi connectivity index (χ4v) is 1.19. The number of aromatic nitrogens is 1. The van der Waals surface area contributed by atoms with Crippen LogP contribution in [0, 0.1) is 0 Å². The molecule has 0 bridgehead atoms. The Hall–Kier alpha value is -1.98. The number of halogens is 2. The van der Waals surface area contributed by atoms with E-state index in [2.05, 4.69) is 4.98 Å². The van der Waals surface area contributed by atoms with Crippen molar-refractivity contribution in [2.45, 2.75) is 0 Å². The summed E-state index contributed by atoms with van der Waals surface area (Å²) in [6, 6.07) is 10.7. The van der Waals surface area contributed by atoms with Gasteiger partial charge in [0.05, 0.1) is 5.52 Å². The summed E-state index contributed by atoms with van der Waals surface area (Å²) in [4.78, 5) is 14.6. The standard InChI is InChI=1S/C10H7NO2.BF2/c12-10(13)9-6-5-7-3-1-2-4-8(7)11-9;2-1-3/h1-6H,(H,12,13);. The van der Waals surface area contributed by atoms with E-state index in [1.165, 1.54) is 6.07 Å². The summed E-state index contributed by atoms with van der Waals surface area (Å²) in [5.74, 6) is -0.995. The van der Waals surface area contributed by atoms with Crippen LogP contribution in [0.2, 0.25) is 0 Å².